The lowest BCUT2D eigenvalue weighted by Crippen LogP contribution is -2.25. The van der Waals surface area contributed by atoms with Gasteiger partial charge in [0.15, 0.2) is 0 Å². The van der Waals surface area contributed by atoms with Gasteiger partial charge < -0.3 is 9.64 Å². The molecule has 0 aromatic heterocycles. The molecule has 1 heterocycles. The van der Waals surface area contributed by atoms with Crippen LogP contribution in [0.2, 0.25) is 0 Å². The first kappa shape index (κ1) is 21.8. The maximum absolute atomic E-state index is 12.9. The van der Waals surface area contributed by atoms with E-state index in [0.717, 1.165) is 45.3 Å². The fourth-order valence-electron chi connectivity index (χ4n) is 3.46. The molecular weight excluding hydrogens is 668 g/mol. The summed E-state index contributed by atoms with van der Waals surface area (Å²) in [6.45, 7) is 3.17. The number of fused-ring (bicyclic) bond motifs is 1. The third kappa shape index (κ3) is 4.45. The number of rotatable bonds is 5. The van der Waals surface area contributed by atoms with E-state index in [0.29, 0.717) is 13.2 Å². The van der Waals surface area contributed by atoms with E-state index >= 15 is 0 Å². The minimum atomic E-state index is 0.0549. The van der Waals surface area contributed by atoms with Crippen LogP contribution in [0.5, 0.6) is 5.75 Å². The van der Waals surface area contributed by atoms with Crippen molar-refractivity contribution in [2.45, 2.75) is 13.5 Å². The van der Waals surface area contributed by atoms with E-state index in [-0.39, 0.29) is 5.91 Å². The van der Waals surface area contributed by atoms with Crippen molar-refractivity contribution < 1.29 is 9.53 Å². The smallest absolute Gasteiger partial charge is 0.258 e. The first-order chi connectivity index (χ1) is 14.5. The second kappa shape index (κ2) is 9.40. The van der Waals surface area contributed by atoms with Crippen LogP contribution in [0.4, 0.5) is 5.69 Å². The van der Waals surface area contributed by atoms with E-state index in [1.807, 2.05) is 66.4 Å². The summed E-state index contributed by atoms with van der Waals surface area (Å²) < 4.78 is 9.20. The SMILES string of the molecule is CCN1C(=O)/C(=C\c2cc(I)c(OCc3ccc(Br)cc3)c(I)c2)c2ccccc21. The van der Waals surface area contributed by atoms with E-state index in [2.05, 4.69) is 73.2 Å². The summed E-state index contributed by atoms with van der Waals surface area (Å²) in [4.78, 5) is 14.8. The van der Waals surface area contributed by atoms with Crippen LogP contribution in [-0.2, 0) is 11.4 Å². The molecule has 0 bridgehead atoms. The molecule has 0 aliphatic carbocycles. The largest absolute Gasteiger partial charge is 0.487 e. The summed E-state index contributed by atoms with van der Waals surface area (Å²) in [7, 11) is 0. The van der Waals surface area contributed by atoms with Gasteiger partial charge in [0, 0.05) is 22.2 Å². The Hall–Kier alpha value is -1.39. The van der Waals surface area contributed by atoms with Crippen LogP contribution in [0.15, 0.2) is 65.1 Å². The zero-order valence-corrected chi connectivity index (χ0v) is 22.1. The molecule has 30 heavy (non-hydrogen) atoms. The second-order valence-corrected chi connectivity index (χ2v) is 10.1. The average molecular weight is 686 g/mol. The molecule has 3 nitrogen and oxygen atoms in total. The van der Waals surface area contributed by atoms with Crippen molar-refractivity contribution in [3.8, 4) is 5.75 Å². The van der Waals surface area contributed by atoms with Gasteiger partial charge in [0.25, 0.3) is 5.91 Å². The molecule has 0 spiro atoms. The Morgan fingerprint density at radius 2 is 1.70 bits per heavy atom. The highest BCUT2D eigenvalue weighted by atomic mass is 127. The van der Waals surface area contributed by atoms with Gasteiger partial charge in [-0.05, 0) is 99.6 Å². The molecule has 0 N–H and O–H groups in total. The standard InChI is InChI=1S/C24H18BrI2NO2/c1-2-28-22-6-4-3-5-18(22)19(24(28)29)11-16-12-20(26)23(21(27)13-16)30-14-15-7-9-17(25)10-8-15/h3-13H,2,14H2,1H3/b19-11-. The summed E-state index contributed by atoms with van der Waals surface area (Å²) in [5, 5.41) is 0. The highest BCUT2D eigenvalue weighted by Crippen LogP contribution is 2.38. The number of carbonyl (C=O) groups is 1. The molecule has 1 aliphatic rings. The zero-order valence-electron chi connectivity index (χ0n) is 16.2. The third-order valence-corrected chi connectivity index (χ3v) is 7.04. The van der Waals surface area contributed by atoms with Crippen molar-refractivity contribution in [2.75, 3.05) is 11.4 Å². The molecule has 0 fully saturated rings. The highest BCUT2D eigenvalue weighted by Gasteiger charge is 2.30. The number of likely N-dealkylation sites (N-methyl/N-ethyl adjacent to an activating group) is 1. The average Bonchev–Trinajstić information content (AvgIpc) is 3.00. The van der Waals surface area contributed by atoms with Crippen molar-refractivity contribution in [2.24, 2.45) is 0 Å². The second-order valence-electron chi connectivity index (χ2n) is 6.85. The first-order valence-corrected chi connectivity index (χ1v) is 12.4. The van der Waals surface area contributed by atoms with Crippen LogP contribution in [0.25, 0.3) is 11.6 Å². The Morgan fingerprint density at radius 1 is 1.03 bits per heavy atom. The fourth-order valence-corrected chi connectivity index (χ4v) is 5.86. The van der Waals surface area contributed by atoms with Gasteiger partial charge in [-0.3, -0.25) is 4.79 Å². The Labute approximate surface area is 211 Å². The maximum Gasteiger partial charge on any atom is 0.258 e. The molecule has 0 radical (unpaired) electrons. The highest BCUT2D eigenvalue weighted by molar-refractivity contribution is 14.1. The van der Waals surface area contributed by atoms with Crippen LogP contribution >= 0.6 is 61.1 Å². The topological polar surface area (TPSA) is 29.5 Å². The number of para-hydroxylation sites is 1. The molecule has 4 rings (SSSR count). The van der Waals surface area contributed by atoms with Gasteiger partial charge in [-0.25, -0.2) is 0 Å². The zero-order chi connectivity index (χ0) is 21.3. The number of benzene rings is 3. The van der Waals surface area contributed by atoms with Gasteiger partial charge in [-0.15, -0.1) is 0 Å². The van der Waals surface area contributed by atoms with Gasteiger partial charge in [0.05, 0.1) is 12.8 Å². The predicted molar refractivity (Wildman–Crippen MR) is 143 cm³/mol. The molecule has 6 heteroatoms. The Bertz CT molecular complexity index is 1120. The van der Waals surface area contributed by atoms with Gasteiger partial charge in [0.1, 0.15) is 12.4 Å². The first-order valence-electron chi connectivity index (χ1n) is 9.47. The molecule has 1 amide bonds. The van der Waals surface area contributed by atoms with Crippen molar-refractivity contribution in [1.29, 1.82) is 0 Å². The van der Waals surface area contributed by atoms with Gasteiger partial charge >= 0.3 is 0 Å². The number of hydrogen-bond donors (Lipinski definition) is 0. The molecule has 0 unspecified atom stereocenters. The summed E-state index contributed by atoms with van der Waals surface area (Å²) in [6, 6.07) is 20.2. The van der Waals surface area contributed by atoms with E-state index in [9.17, 15) is 4.79 Å². The van der Waals surface area contributed by atoms with Crippen LogP contribution in [0.1, 0.15) is 23.6 Å². The fraction of sp³-hybridized carbons (Fsp3) is 0.125. The molecular formula is C24H18BrI2NO2. The number of halogens is 3. The Balaban J connectivity index is 1.62. The van der Waals surface area contributed by atoms with Gasteiger partial charge in [-0.2, -0.15) is 0 Å². The van der Waals surface area contributed by atoms with Crippen LogP contribution in [-0.4, -0.2) is 12.5 Å². The number of amides is 1. The lowest BCUT2D eigenvalue weighted by atomic mass is 10.0. The van der Waals surface area contributed by atoms with Crippen molar-refractivity contribution in [3.63, 3.8) is 0 Å². The van der Waals surface area contributed by atoms with Crippen LogP contribution in [0.3, 0.4) is 0 Å². The normalized spacial score (nSPS) is 14.3. The molecule has 152 valence electrons. The van der Waals surface area contributed by atoms with Crippen molar-refractivity contribution in [3.05, 3.63) is 89.0 Å². The van der Waals surface area contributed by atoms with Crippen LogP contribution < -0.4 is 9.64 Å². The molecule has 0 saturated carbocycles. The molecule has 1 aliphatic heterocycles. The summed E-state index contributed by atoms with van der Waals surface area (Å²) in [6.07, 6.45) is 1.99. The summed E-state index contributed by atoms with van der Waals surface area (Å²) >= 11 is 8.06. The summed E-state index contributed by atoms with van der Waals surface area (Å²) in [5.41, 5.74) is 4.82. The van der Waals surface area contributed by atoms with E-state index in [1.54, 1.807) is 0 Å². The number of anilines is 1. The van der Waals surface area contributed by atoms with E-state index < -0.39 is 0 Å². The number of carbonyl (C=O) groups excluding carboxylic acids is 1. The molecule has 3 aromatic carbocycles. The lowest BCUT2D eigenvalue weighted by Gasteiger charge is -2.13. The predicted octanol–water partition coefficient (Wildman–Crippen LogP) is 7.14. The quantitative estimate of drug-likeness (QED) is 0.211. The summed E-state index contributed by atoms with van der Waals surface area (Å²) in [5.74, 6) is 0.925. The van der Waals surface area contributed by atoms with Gasteiger partial charge in [-0.1, -0.05) is 46.3 Å². The third-order valence-electron chi connectivity index (χ3n) is 4.90. The van der Waals surface area contributed by atoms with E-state index in [4.69, 9.17) is 4.74 Å². The minimum Gasteiger partial charge on any atom is -0.487 e. The van der Waals surface area contributed by atoms with Crippen LogP contribution in [0, 0.1) is 7.14 Å². The lowest BCUT2D eigenvalue weighted by molar-refractivity contribution is -0.112. The minimum absolute atomic E-state index is 0.0549. The van der Waals surface area contributed by atoms with Crippen molar-refractivity contribution in [1.82, 2.24) is 0 Å². The molecule has 0 saturated heterocycles. The Morgan fingerprint density at radius 3 is 2.37 bits per heavy atom. The molecule has 3 aromatic rings. The molecule has 0 atom stereocenters. The van der Waals surface area contributed by atoms with Gasteiger partial charge in [0.2, 0.25) is 0 Å². The monoisotopic (exact) mass is 685 g/mol. The number of nitrogens with zero attached hydrogens (tertiary/aromatic N) is 1. The number of hydrogen-bond acceptors (Lipinski definition) is 2. The van der Waals surface area contributed by atoms with Crippen molar-refractivity contribution >= 4 is 84.4 Å². The maximum atomic E-state index is 12.9. The Kier molecular flexibility index (Phi) is 6.84. The number of ether oxygens (including phenoxy) is 1. The van der Waals surface area contributed by atoms with E-state index in [1.165, 1.54) is 0 Å².